The van der Waals surface area contributed by atoms with E-state index in [1.807, 2.05) is 17.7 Å². The molecule has 0 bridgehead atoms. The van der Waals surface area contributed by atoms with Gasteiger partial charge in [0.25, 0.3) is 0 Å². The van der Waals surface area contributed by atoms with Gasteiger partial charge in [-0.05, 0) is 55.8 Å². The van der Waals surface area contributed by atoms with Crippen molar-refractivity contribution in [3.8, 4) is 28.6 Å². The van der Waals surface area contributed by atoms with E-state index >= 15 is 0 Å². The molecule has 0 aliphatic carbocycles. The second kappa shape index (κ2) is 13.8. The minimum absolute atomic E-state index is 0.210. The molecule has 4 heterocycles. The molecule has 1 fully saturated rings. The maximum Gasteiger partial charge on any atom is 0.471 e. The van der Waals surface area contributed by atoms with Gasteiger partial charge < -0.3 is 14.4 Å². The van der Waals surface area contributed by atoms with Crippen molar-refractivity contribution in [2.75, 3.05) is 20.2 Å². The molecule has 1 aliphatic heterocycles. The van der Waals surface area contributed by atoms with Gasteiger partial charge in [-0.2, -0.15) is 23.4 Å². The minimum Gasteiger partial charge on any atom is -0.472 e. The highest BCUT2D eigenvalue weighted by atomic mass is 28.3. The summed E-state index contributed by atoms with van der Waals surface area (Å²) in [4.78, 5) is 17.1. The lowest BCUT2D eigenvalue weighted by Gasteiger charge is -2.38. The second-order valence-corrected chi connectivity index (χ2v) is 18.9. The quantitative estimate of drug-likeness (QED) is 0.178. The van der Waals surface area contributed by atoms with Crippen LogP contribution in [-0.4, -0.2) is 75.9 Å². The van der Waals surface area contributed by atoms with Crippen LogP contribution in [0.2, 0.25) is 16.6 Å². The SMILES string of the molecule is Cc1nn(C)c(O[C@@H](C)CN(C)C(=O)C(F)(F)F)c1-c1cc2c(C#C[Si](C(C)C)(C(C)C)C(C)C)nn(C3CCCCO3)c2cn1. The van der Waals surface area contributed by atoms with Crippen LogP contribution in [-0.2, 0) is 16.6 Å². The van der Waals surface area contributed by atoms with E-state index in [4.69, 9.17) is 19.6 Å². The Morgan fingerprint density at radius 3 is 2.35 bits per heavy atom. The van der Waals surface area contributed by atoms with E-state index in [1.54, 1.807) is 20.2 Å². The highest BCUT2D eigenvalue weighted by Crippen LogP contribution is 2.41. The minimum atomic E-state index is -4.96. The van der Waals surface area contributed by atoms with Crippen LogP contribution in [0.1, 0.15) is 85.3 Å². The van der Waals surface area contributed by atoms with Gasteiger partial charge >= 0.3 is 12.1 Å². The molecule has 0 N–H and O–H groups in total. The van der Waals surface area contributed by atoms with E-state index in [9.17, 15) is 18.0 Å². The molecule has 1 aliphatic rings. The van der Waals surface area contributed by atoms with E-state index in [1.165, 1.54) is 4.68 Å². The van der Waals surface area contributed by atoms with E-state index in [-0.39, 0.29) is 12.8 Å². The fraction of sp³-hybridized carbons (Fsp3) is 0.636. The van der Waals surface area contributed by atoms with Crippen LogP contribution in [0.25, 0.3) is 22.2 Å². The lowest BCUT2D eigenvalue weighted by atomic mass is 10.1. The summed E-state index contributed by atoms with van der Waals surface area (Å²) in [7, 11) is 0.742. The van der Waals surface area contributed by atoms with Crippen LogP contribution in [0, 0.1) is 18.4 Å². The van der Waals surface area contributed by atoms with Crippen molar-refractivity contribution in [2.45, 2.75) is 110 Å². The Morgan fingerprint density at radius 2 is 1.78 bits per heavy atom. The molecule has 2 atom stereocenters. The van der Waals surface area contributed by atoms with Gasteiger partial charge in [0.15, 0.2) is 6.23 Å². The van der Waals surface area contributed by atoms with Crippen molar-refractivity contribution in [1.29, 1.82) is 0 Å². The van der Waals surface area contributed by atoms with Crippen molar-refractivity contribution < 1.29 is 27.4 Å². The fourth-order valence-electron chi connectivity index (χ4n) is 6.98. The zero-order valence-electron chi connectivity index (χ0n) is 28.6. The number of rotatable bonds is 9. The van der Waals surface area contributed by atoms with Crippen LogP contribution < -0.4 is 4.74 Å². The maximum absolute atomic E-state index is 13.0. The van der Waals surface area contributed by atoms with Crippen LogP contribution in [0.4, 0.5) is 13.2 Å². The number of fused-ring (bicyclic) bond motifs is 1. The van der Waals surface area contributed by atoms with Crippen molar-refractivity contribution >= 4 is 24.9 Å². The summed E-state index contributed by atoms with van der Waals surface area (Å²) < 4.78 is 54.6. The molecule has 252 valence electrons. The molecule has 0 aromatic carbocycles. The first-order chi connectivity index (χ1) is 21.5. The Balaban J connectivity index is 1.81. The first-order valence-electron chi connectivity index (χ1n) is 16.0. The molecule has 0 saturated carbocycles. The lowest BCUT2D eigenvalue weighted by molar-refractivity contribution is -0.184. The van der Waals surface area contributed by atoms with E-state index in [2.05, 4.69) is 58.1 Å². The molecule has 1 unspecified atom stereocenters. The predicted octanol–water partition coefficient (Wildman–Crippen LogP) is 7.20. The Bertz CT molecular complexity index is 1590. The van der Waals surface area contributed by atoms with Crippen molar-refractivity contribution in [3.05, 3.63) is 23.7 Å². The fourth-order valence-corrected chi connectivity index (χ4v) is 12.2. The third-order valence-corrected chi connectivity index (χ3v) is 15.4. The van der Waals surface area contributed by atoms with Crippen LogP contribution >= 0.6 is 0 Å². The standard InChI is InChI=1S/C33H47F3N6O3Si/c1-20(2)46(21(3)4,22(5)6)16-14-26-25-17-27(37-18-28(25)42(39-26)29-13-11-12-15-44-29)30-24(8)38-41(10)31(30)45-23(7)19-40(9)32(43)33(34,35)36/h17-18,20-23,29H,11-13,15,19H2,1-10H3/t23-,29?/m0/s1. The van der Waals surface area contributed by atoms with Gasteiger partial charge in [-0.25, -0.2) is 9.36 Å². The molecule has 3 aromatic rings. The molecule has 13 heteroatoms. The Hall–Kier alpha value is -3.37. The number of ether oxygens (including phenoxy) is 2. The van der Waals surface area contributed by atoms with Crippen molar-refractivity contribution in [1.82, 2.24) is 29.4 Å². The number of likely N-dealkylation sites (N-methyl/N-ethyl adjacent to an activating group) is 1. The molecule has 46 heavy (non-hydrogen) atoms. The molecule has 1 amide bonds. The molecule has 4 rings (SSSR count). The highest BCUT2D eigenvalue weighted by Gasteiger charge is 2.42. The zero-order valence-corrected chi connectivity index (χ0v) is 29.6. The first kappa shape index (κ1) is 35.5. The summed E-state index contributed by atoms with van der Waals surface area (Å²) in [6.45, 7) is 17.5. The highest BCUT2D eigenvalue weighted by molar-refractivity contribution is 6.90. The average molecular weight is 661 g/mol. The van der Waals surface area contributed by atoms with Gasteiger partial charge in [0.2, 0.25) is 5.88 Å². The predicted molar refractivity (Wildman–Crippen MR) is 175 cm³/mol. The third-order valence-electron chi connectivity index (χ3n) is 9.14. The summed E-state index contributed by atoms with van der Waals surface area (Å²) in [6, 6.07) is 1.94. The monoisotopic (exact) mass is 660 g/mol. The number of hydrogen-bond acceptors (Lipinski definition) is 6. The van der Waals surface area contributed by atoms with Gasteiger partial charge in [0, 0.05) is 26.1 Å². The van der Waals surface area contributed by atoms with E-state index in [0.717, 1.165) is 37.2 Å². The number of amides is 1. The molecule has 0 radical (unpaired) electrons. The number of carbonyl (C=O) groups excluding carboxylic acids is 1. The number of pyridine rings is 1. The summed E-state index contributed by atoms with van der Waals surface area (Å²) in [5, 5.41) is 10.4. The normalized spacial score (nSPS) is 16.7. The summed E-state index contributed by atoms with van der Waals surface area (Å²) in [6.07, 6.45) is -1.26. The van der Waals surface area contributed by atoms with Gasteiger partial charge in [-0.15, -0.1) is 5.54 Å². The number of aromatic nitrogens is 5. The second-order valence-electron chi connectivity index (χ2n) is 13.3. The van der Waals surface area contributed by atoms with Gasteiger partial charge in [0.05, 0.1) is 35.2 Å². The Labute approximate surface area is 270 Å². The number of aryl methyl sites for hydroxylation is 2. The van der Waals surface area contributed by atoms with Gasteiger partial charge in [0.1, 0.15) is 19.9 Å². The first-order valence-corrected chi connectivity index (χ1v) is 18.3. The van der Waals surface area contributed by atoms with Gasteiger partial charge in [-0.3, -0.25) is 9.78 Å². The van der Waals surface area contributed by atoms with Gasteiger partial charge in [-0.1, -0.05) is 47.5 Å². The van der Waals surface area contributed by atoms with Crippen LogP contribution in [0.5, 0.6) is 5.88 Å². The Kier molecular flexibility index (Phi) is 10.6. The third kappa shape index (κ3) is 6.98. The number of carbonyl (C=O) groups is 1. The summed E-state index contributed by atoms with van der Waals surface area (Å²) >= 11 is 0. The molecular weight excluding hydrogens is 613 g/mol. The molecule has 0 spiro atoms. The number of nitrogens with zero attached hydrogens (tertiary/aromatic N) is 6. The summed E-state index contributed by atoms with van der Waals surface area (Å²) in [5.41, 5.74) is 8.47. The Morgan fingerprint density at radius 1 is 1.13 bits per heavy atom. The molecule has 1 saturated heterocycles. The van der Waals surface area contributed by atoms with E-state index in [0.29, 0.717) is 56.7 Å². The van der Waals surface area contributed by atoms with Crippen LogP contribution in [0.15, 0.2) is 12.3 Å². The van der Waals surface area contributed by atoms with Crippen LogP contribution in [0.3, 0.4) is 0 Å². The maximum atomic E-state index is 13.0. The molecular formula is C33H47F3N6O3Si. The molecule has 3 aromatic heterocycles. The topological polar surface area (TPSA) is 87.3 Å². The lowest BCUT2D eigenvalue weighted by Crippen LogP contribution is -2.43. The summed E-state index contributed by atoms with van der Waals surface area (Å²) in [5.74, 6) is 1.95. The number of halogens is 3. The van der Waals surface area contributed by atoms with E-state index < -0.39 is 26.3 Å². The smallest absolute Gasteiger partial charge is 0.471 e. The number of hydrogen-bond donors (Lipinski definition) is 0. The number of alkyl halides is 3. The van der Waals surface area contributed by atoms with Crippen molar-refractivity contribution in [3.63, 3.8) is 0 Å². The van der Waals surface area contributed by atoms with Crippen molar-refractivity contribution in [2.24, 2.45) is 7.05 Å². The largest absolute Gasteiger partial charge is 0.472 e. The molecule has 9 nitrogen and oxygen atoms in total. The average Bonchev–Trinajstić information content (AvgIpc) is 3.47. The zero-order chi connectivity index (χ0) is 34.1.